The molecule has 4 heteroatoms. The van der Waals surface area contributed by atoms with Crippen molar-refractivity contribution in [2.75, 3.05) is 0 Å². The lowest BCUT2D eigenvalue weighted by molar-refractivity contribution is -0.0512. The number of aromatic nitrogens is 1. The van der Waals surface area contributed by atoms with E-state index in [-0.39, 0.29) is 12.8 Å². The van der Waals surface area contributed by atoms with Gasteiger partial charge in [-0.2, -0.15) is 0 Å². The molecule has 2 N–H and O–H groups in total. The van der Waals surface area contributed by atoms with E-state index in [1.54, 1.807) is 0 Å². The summed E-state index contributed by atoms with van der Waals surface area (Å²) in [6.07, 6.45) is 0.347. The predicted octanol–water partition coefficient (Wildman–Crippen LogP) is 3.91. The van der Waals surface area contributed by atoms with E-state index in [0.29, 0.717) is 12.8 Å². The van der Waals surface area contributed by atoms with Crippen molar-refractivity contribution in [1.29, 1.82) is 0 Å². The molecule has 106 valence electrons. The minimum absolute atomic E-state index is 0.140. The molecule has 0 amide bonds. The van der Waals surface area contributed by atoms with Crippen LogP contribution in [0.3, 0.4) is 0 Å². The molecule has 1 heterocycles. The van der Waals surface area contributed by atoms with Crippen LogP contribution in [0.1, 0.15) is 36.9 Å². The number of fused-ring (bicyclic) bond motifs is 1. The highest BCUT2D eigenvalue weighted by atomic mass is 19.3. The summed E-state index contributed by atoms with van der Waals surface area (Å²) in [4.78, 5) is 4.49. The third-order valence-electron chi connectivity index (χ3n) is 4.25. The first-order valence-electron chi connectivity index (χ1n) is 6.93. The summed E-state index contributed by atoms with van der Waals surface area (Å²) in [6.45, 7) is 1.91. The molecule has 0 spiro atoms. The van der Waals surface area contributed by atoms with Crippen LogP contribution in [-0.2, 0) is 5.54 Å². The molecule has 1 aliphatic rings. The number of para-hydroxylation sites is 1. The zero-order valence-electron chi connectivity index (χ0n) is 11.5. The third kappa shape index (κ3) is 2.29. The van der Waals surface area contributed by atoms with Gasteiger partial charge in [0.2, 0.25) is 5.92 Å². The van der Waals surface area contributed by atoms with Crippen molar-refractivity contribution >= 4 is 10.9 Å². The second kappa shape index (κ2) is 4.48. The molecule has 1 saturated carbocycles. The number of nitrogens with zero attached hydrogens (tertiary/aromatic N) is 1. The average molecular weight is 276 g/mol. The molecule has 0 saturated heterocycles. The number of hydrogen-bond acceptors (Lipinski definition) is 2. The van der Waals surface area contributed by atoms with Crippen molar-refractivity contribution in [3.63, 3.8) is 0 Å². The van der Waals surface area contributed by atoms with Crippen molar-refractivity contribution in [1.82, 2.24) is 4.98 Å². The van der Waals surface area contributed by atoms with Crippen LogP contribution in [0.5, 0.6) is 0 Å². The molecule has 0 bridgehead atoms. The summed E-state index contributed by atoms with van der Waals surface area (Å²) in [6, 6.07) is 9.72. The highest BCUT2D eigenvalue weighted by Gasteiger charge is 2.42. The predicted molar refractivity (Wildman–Crippen MR) is 75.8 cm³/mol. The lowest BCUT2D eigenvalue weighted by Crippen LogP contribution is -2.43. The lowest BCUT2D eigenvalue weighted by atomic mass is 9.75. The summed E-state index contributed by atoms with van der Waals surface area (Å²) >= 11 is 0. The van der Waals surface area contributed by atoms with Gasteiger partial charge in [-0.05, 0) is 37.5 Å². The smallest absolute Gasteiger partial charge is 0.248 e. The molecule has 0 atom stereocenters. The molecule has 1 aliphatic carbocycles. The number of rotatable bonds is 1. The van der Waals surface area contributed by atoms with Crippen molar-refractivity contribution < 1.29 is 8.78 Å². The van der Waals surface area contributed by atoms with Crippen LogP contribution in [-0.4, -0.2) is 10.9 Å². The zero-order chi connectivity index (χ0) is 14.4. The Morgan fingerprint density at radius 2 is 1.75 bits per heavy atom. The van der Waals surface area contributed by atoms with Crippen LogP contribution in [0.4, 0.5) is 8.78 Å². The van der Waals surface area contributed by atoms with Crippen LogP contribution < -0.4 is 5.73 Å². The first-order chi connectivity index (χ1) is 9.40. The number of hydrogen-bond donors (Lipinski definition) is 1. The van der Waals surface area contributed by atoms with Gasteiger partial charge in [0, 0.05) is 29.5 Å². The Morgan fingerprint density at radius 1 is 1.10 bits per heavy atom. The van der Waals surface area contributed by atoms with E-state index in [2.05, 4.69) is 4.98 Å². The van der Waals surface area contributed by atoms with Gasteiger partial charge in [-0.1, -0.05) is 18.2 Å². The summed E-state index contributed by atoms with van der Waals surface area (Å²) < 4.78 is 26.8. The summed E-state index contributed by atoms with van der Waals surface area (Å²) in [7, 11) is 0. The van der Waals surface area contributed by atoms with Gasteiger partial charge in [0.25, 0.3) is 0 Å². The summed E-state index contributed by atoms with van der Waals surface area (Å²) in [5.74, 6) is -2.57. The Kier molecular flexibility index (Phi) is 3.01. The minimum atomic E-state index is -2.57. The summed E-state index contributed by atoms with van der Waals surface area (Å²) in [5.41, 5.74) is 8.51. The van der Waals surface area contributed by atoms with E-state index in [1.807, 2.05) is 37.3 Å². The second-order valence-corrected chi connectivity index (χ2v) is 5.84. The highest BCUT2D eigenvalue weighted by molar-refractivity contribution is 5.83. The fourth-order valence-electron chi connectivity index (χ4n) is 3.05. The molecule has 0 unspecified atom stereocenters. The first kappa shape index (κ1) is 13.4. The van der Waals surface area contributed by atoms with Gasteiger partial charge in [-0.3, -0.25) is 4.98 Å². The number of benzene rings is 1. The van der Waals surface area contributed by atoms with E-state index >= 15 is 0 Å². The van der Waals surface area contributed by atoms with Gasteiger partial charge in [-0.25, -0.2) is 8.78 Å². The summed E-state index contributed by atoms with van der Waals surface area (Å²) in [5, 5.41) is 0.978. The quantitative estimate of drug-likeness (QED) is 0.857. The first-order valence-corrected chi connectivity index (χ1v) is 6.93. The molecule has 2 nitrogen and oxygen atoms in total. The van der Waals surface area contributed by atoms with Gasteiger partial charge in [0.15, 0.2) is 0 Å². The number of nitrogens with two attached hydrogens (primary N) is 1. The van der Waals surface area contributed by atoms with Crippen LogP contribution >= 0.6 is 0 Å². The molecule has 1 aromatic heterocycles. The molecule has 1 aromatic carbocycles. The van der Waals surface area contributed by atoms with Crippen LogP contribution in [0.15, 0.2) is 30.3 Å². The Labute approximate surface area is 117 Å². The number of aryl methyl sites for hydroxylation is 1. The number of pyridine rings is 1. The van der Waals surface area contributed by atoms with Crippen LogP contribution in [0, 0.1) is 6.92 Å². The van der Waals surface area contributed by atoms with E-state index in [0.717, 1.165) is 22.2 Å². The largest absolute Gasteiger partial charge is 0.321 e. The van der Waals surface area contributed by atoms with Crippen LogP contribution in [0.25, 0.3) is 10.9 Å². The molecule has 0 radical (unpaired) electrons. The van der Waals surface area contributed by atoms with Crippen molar-refractivity contribution in [2.24, 2.45) is 5.73 Å². The van der Waals surface area contributed by atoms with Gasteiger partial charge >= 0.3 is 0 Å². The maximum Gasteiger partial charge on any atom is 0.248 e. The minimum Gasteiger partial charge on any atom is -0.321 e. The number of alkyl halides is 2. The van der Waals surface area contributed by atoms with Crippen molar-refractivity contribution in [3.05, 3.63) is 41.6 Å². The van der Waals surface area contributed by atoms with Crippen molar-refractivity contribution in [2.45, 2.75) is 44.1 Å². The van der Waals surface area contributed by atoms with E-state index in [1.165, 1.54) is 0 Å². The van der Waals surface area contributed by atoms with Gasteiger partial charge in [0.1, 0.15) is 0 Å². The topological polar surface area (TPSA) is 38.9 Å². The Balaban J connectivity index is 2.10. The molecule has 2 aromatic rings. The molecule has 20 heavy (non-hydrogen) atoms. The van der Waals surface area contributed by atoms with Gasteiger partial charge in [-0.15, -0.1) is 0 Å². The Hall–Kier alpha value is -1.55. The number of halogens is 2. The maximum atomic E-state index is 13.4. The van der Waals surface area contributed by atoms with E-state index in [9.17, 15) is 8.78 Å². The SMILES string of the molecule is Cc1cc(C2(N)CCC(F)(F)CC2)c2ccccc2n1. The molecule has 0 aliphatic heterocycles. The van der Waals surface area contributed by atoms with Crippen molar-refractivity contribution in [3.8, 4) is 0 Å². The molecular formula is C16H18F2N2. The molecular weight excluding hydrogens is 258 g/mol. The maximum absolute atomic E-state index is 13.4. The highest BCUT2D eigenvalue weighted by Crippen LogP contribution is 2.43. The Morgan fingerprint density at radius 3 is 2.45 bits per heavy atom. The van der Waals surface area contributed by atoms with Crippen LogP contribution in [0.2, 0.25) is 0 Å². The Bertz CT molecular complexity index is 642. The third-order valence-corrected chi connectivity index (χ3v) is 4.25. The fraction of sp³-hybridized carbons (Fsp3) is 0.438. The average Bonchev–Trinajstić information content (AvgIpc) is 2.41. The van der Waals surface area contributed by atoms with E-state index in [4.69, 9.17) is 5.73 Å². The molecule has 1 fully saturated rings. The van der Waals surface area contributed by atoms with Gasteiger partial charge in [0.05, 0.1) is 5.52 Å². The normalized spacial score (nSPS) is 21.0. The van der Waals surface area contributed by atoms with E-state index < -0.39 is 11.5 Å². The molecule has 3 rings (SSSR count). The monoisotopic (exact) mass is 276 g/mol. The second-order valence-electron chi connectivity index (χ2n) is 5.84. The lowest BCUT2D eigenvalue weighted by Gasteiger charge is -2.38. The zero-order valence-corrected chi connectivity index (χ0v) is 11.5. The van der Waals surface area contributed by atoms with Gasteiger partial charge < -0.3 is 5.73 Å². The fourth-order valence-corrected chi connectivity index (χ4v) is 3.05. The standard InChI is InChI=1S/C16H18F2N2/c1-11-10-13(12-4-2-3-5-14(12)20-11)15(19)6-8-16(17,18)9-7-15/h2-5,10H,6-9,19H2,1H3.